The zero-order valence-corrected chi connectivity index (χ0v) is 11.0. The van der Waals surface area contributed by atoms with Crippen molar-refractivity contribution >= 4 is 5.91 Å². The minimum absolute atomic E-state index is 0.124. The molecule has 1 aliphatic rings. The third-order valence-corrected chi connectivity index (χ3v) is 3.41. The maximum absolute atomic E-state index is 12.3. The quantitative estimate of drug-likeness (QED) is 0.892. The molecule has 3 heterocycles. The van der Waals surface area contributed by atoms with Gasteiger partial charge < -0.3 is 4.90 Å². The maximum atomic E-state index is 12.3. The van der Waals surface area contributed by atoms with Crippen LogP contribution < -0.4 is 0 Å². The third kappa shape index (κ3) is 1.81. The molecule has 0 spiro atoms. The monoisotopic (exact) mass is 260 g/mol. The topological polar surface area (TPSA) is 79.7 Å². The summed E-state index contributed by atoms with van der Waals surface area (Å²) in [6.07, 6.45) is 4.39. The average molecular weight is 260 g/mol. The van der Waals surface area contributed by atoms with Crippen molar-refractivity contribution in [1.82, 2.24) is 29.9 Å². The van der Waals surface area contributed by atoms with Gasteiger partial charge in [0, 0.05) is 12.7 Å². The summed E-state index contributed by atoms with van der Waals surface area (Å²) in [5, 5.41) is 15.1. The Morgan fingerprint density at radius 2 is 2.32 bits per heavy atom. The summed E-state index contributed by atoms with van der Waals surface area (Å²) in [4.78, 5) is 14.2. The number of nitrogens with zero attached hydrogens (tertiary/aromatic N) is 5. The normalized spacial score (nSPS) is 18.7. The first-order valence-electron chi connectivity index (χ1n) is 6.44. The lowest BCUT2D eigenvalue weighted by atomic mass is 10.2. The number of rotatable bonds is 3. The Morgan fingerprint density at radius 1 is 1.47 bits per heavy atom. The van der Waals surface area contributed by atoms with Crippen molar-refractivity contribution in [2.75, 3.05) is 6.54 Å². The van der Waals surface area contributed by atoms with E-state index in [1.165, 1.54) is 0 Å². The second kappa shape index (κ2) is 4.49. The highest BCUT2D eigenvalue weighted by molar-refractivity contribution is 5.82. The van der Waals surface area contributed by atoms with E-state index in [1.807, 2.05) is 16.4 Å². The van der Waals surface area contributed by atoms with E-state index >= 15 is 0 Å². The molecule has 1 atom stereocenters. The van der Waals surface area contributed by atoms with Crippen LogP contribution in [0.2, 0.25) is 0 Å². The molecular weight excluding hydrogens is 244 g/mol. The molecule has 100 valence electrons. The molecule has 0 radical (unpaired) electrons. The third-order valence-electron chi connectivity index (χ3n) is 3.41. The van der Waals surface area contributed by atoms with Gasteiger partial charge in [-0.05, 0) is 13.3 Å². The van der Waals surface area contributed by atoms with Gasteiger partial charge in [0.05, 0.1) is 18.3 Å². The molecular formula is C12H16N6O. The lowest BCUT2D eigenvalue weighted by molar-refractivity contribution is -0.136. The van der Waals surface area contributed by atoms with E-state index in [1.54, 1.807) is 12.4 Å². The van der Waals surface area contributed by atoms with Gasteiger partial charge in [0.25, 0.3) is 0 Å². The molecule has 3 rings (SSSR count). The van der Waals surface area contributed by atoms with Crippen LogP contribution in [-0.2, 0) is 11.3 Å². The maximum Gasteiger partial charge on any atom is 0.245 e. The van der Waals surface area contributed by atoms with Gasteiger partial charge >= 0.3 is 0 Å². The highest BCUT2D eigenvalue weighted by Gasteiger charge is 2.33. The lowest BCUT2D eigenvalue weighted by Gasteiger charge is -2.31. The zero-order valence-electron chi connectivity index (χ0n) is 11.0. The van der Waals surface area contributed by atoms with Crippen LogP contribution in [0.25, 0.3) is 11.4 Å². The number of aromatic amines is 1. The molecule has 0 unspecified atom stereocenters. The van der Waals surface area contributed by atoms with Crippen molar-refractivity contribution in [1.29, 1.82) is 0 Å². The number of nitrogens with one attached hydrogen (secondary N) is 1. The summed E-state index contributed by atoms with van der Waals surface area (Å²) >= 11 is 0. The highest BCUT2D eigenvalue weighted by atomic mass is 16.2. The van der Waals surface area contributed by atoms with E-state index < -0.39 is 0 Å². The summed E-state index contributed by atoms with van der Waals surface area (Å²) in [6, 6.07) is -0.268. The van der Waals surface area contributed by atoms with Crippen molar-refractivity contribution in [3.8, 4) is 11.4 Å². The van der Waals surface area contributed by atoms with E-state index in [4.69, 9.17) is 0 Å². The predicted molar refractivity (Wildman–Crippen MR) is 68.0 cm³/mol. The van der Waals surface area contributed by atoms with Crippen LogP contribution in [0.5, 0.6) is 0 Å². The van der Waals surface area contributed by atoms with Crippen LogP contribution in [-0.4, -0.2) is 42.3 Å². The number of fused-ring (bicyclic) bond motifs is 1. The number of carbonyl (C=O) groups excluding carboxylic acids is 1. The summed E-state index contributed by atoms with van der Waals surface area (Å²) in [5.74, 6) is 1.65. The fraction of sp³-hybridized carbons (Fsp3) is 0.500. The van der Waals surface area contributed by atoms with Crippen LogP contribution in [0.3, 0.4) is 0 Å². The Morgan fingerprint density at radius 3 is 3.00 bits per heavy atom. The van der Waals surface area contributed by atoms with Crippen molar-refractivity contribution in [3.05, 3.63) is 18.2 Å². The minimum atomic E-state index is -0.268. The molecule has 19 heavy (non-hydrogen) atoms. The summed E-state index contributed by atoms with van der Waals surface area (Å²) in [6.45, 7) is 5.24. The molecule has 2 aromatic heterocycles. The van der Waals surface area contributed by atoms with Crippen LogP contribution in [0.4, 0.5) is 0 Å². The highest BCUT2D eigenvalue weighted by Crippen LogP contribution is 2.27. The van der Waals surface area contributed by atoms with Crippen LogP contribution in [0, 0.1) is 0 Å². The summed E-state index contributed by atoms with van der Waals surface area (Å²) < 4.78 is 1.90. The molecule has 2 aromatic rings. The van der Waals surface area contributed by atoms with Crippen molar-refractivity contribution in [3.63, 3.8) is 0 Å². The Bertz CT molecular complexity index is 587. The number of aromatic nitrogens is 5. The molecule has 0 aliphatic carbocycles. The molecule has 7 nitrogen and oxygen atoms in total. The number of carbonyl (C=O) groups is 1. The minimum Gasteiger partial charge on any atom is -0.333 e. The molecule has 0 bridgehead atoms. The van der Waals surface area contributed by atoms with Crippen LogP contribution >= 0.6 is 0 Å². The van der Waals surface area contributed by atoms with Crippen molar-refractivity contribution in [2.24, 2.45) is 0 Å². The second-order valence-corrected chi connectivity index (χ2v) is 4.73. The largest absolute Gasteiger partial charge is 0.333 e. The first-order valence-corrected chi connectivity index (χ1v) is 6.44. The van der Waals surface area contributed by atoms with E-state index in [0.29, 0.717) is 12.4 Å². The number of amides is 1. The van der Waals surface area contributed by atoms with E-state index in [2.05, 4.69) is 27.3 Å². The first-order chi connectivity index (χ1) is 9.22. The molecule has 0 saturated heterocycles. The van der Waals surface area contributed by atoms with Gasteiger partial charge in [0.15, 0.2) is 11.6 Å². The van der Waals surface area contributed by atoms with Gasteiger partial charge in [-0.1, -0.05) is 6.92 Å². The van der Waals surface area contributed by atoms with Crippen LogP contribution in [0.1, 0.15) is 32.1 Å². The van der Waals surface area contributed by atoms with Gasteiger partial charge in [-0.15, -0.1) is 10.2 Å². The van der Waals surface area contributed by atoms with E-state index in [9.17, 15) is 4.79 Å². The standard InChI is InChI=1S/C12H16N6O/c1-3-4-17-7-10-15-16-11(9-5-13-14-6-9)18(10)8(2)12(17)19/h5-6,8H,3-4,7H2,1-2H3,(H,13,14)/t8-/m1/s1. The molecule has 0 saturated carbocycles. The zero-order chi connectivity index (χ0) is 13.4. The second-order valence-electron chi connectivity index (χ2n) is 4.73. The number of hydrogen-bond acceptors (Lipinski definition) is 4. The Hall–Kier alpha value is -2.18. The van der Waals surface area contributed by atoms with Gasteiger partial charge in [0.1, 0.15) is 6.04 Å². The summed E-state index contributed by atoms with van der Waals surface area (Å²) in [5.41, 5.74) is 0.849. The van der Waals surface area contributed by atoms with Gasteiger partial charge in [0.2, 0.25) is 5.91 Å². The van der Waals surface area contributed by atoms with Gasteiger partial charge in [-0.3, -0.25) is 14.5 Å². The Kier molecular flexibility index (Phi) is 2.81. The molecule has 7 heteroatoms. The summed E-state index contributed by atoms with van der Waals surface area (Å²) in [7, 11) is 0. The smallest absolute Gasteiger partial charge is 0.245 e. The molecule has 1 amide bonds. The SMILES string of the molecule is CCCN1Cc2nnc(-c3cn[nH]c3)n2[C@H](C)C1=O. The molecule has 1 N–H and O–H groups in total. The Balaban J connectivity index is 2.02. The first kappa shape index (κ1) is 11.9. The fourth-order valence-electron chi connectivity index (χ4n) is 2.49. The van der Waals surface area contributed by atoms with Gasteiger partial charge in [-0.25, -0.2) is 0 Å². The van der Waals surface area contributed by atoms with E-state index in [-0.39, 0.29) is 11.9 Å². The van der Waals surface area contributed by atoms with E-state index in [0.717, 1.165) is 24.4 Å². The average Bonchev–Trinajstić information content (AvgIpc) is 3.03. The molecule has 1 aliphatic heterocycles. The molecule has 0 aromatic carbocycles. The van der Waals surface area contributed by atoms with Crippen molar-refractivity contribution < 1.29 is 4.79 Å². The number of H-pyrrole nitrogens is 1. The van der Waals surface area contributed by atoms with Gasteiger partial charge in [-0.2, -0.15) is 5.10 Å². The fourth-order valence-corrected chi connectivity index (χ4v) is 2.49. The lowest BCUT2D eigenvalue weighted by Crippen LogP contribution is -2.42. The number of hydrogen-bond donors (Lipinski definition) is 1. The Labute approximate surface area is 110 Å². The van der Waals surface area contributed by atoms with Crippen molar-refractivity contribution in [2.45, 2.75) is 32.9 Å². The predicted octanol–water partition coefficient (Wildman–Crippen LogP) is 0.981. The van der Waals surface area contributed by atoms with Crippen LogP contribution in [0.15, 0.2) is 12.4 Å². The molecule has 0 fully saturated rings.